The lowest BCUT2D eigenvalue weighted by molar-refractivity contribution is -0.132. The second-order valence-corrected chi connectivity index (χ2v) is 6.12. The molecule has 0 unspecified atom stereocenters. The van der Waals surface area contributed by atoms with Crippen molar-refractivity contribution in [3.05, 3.63) is 59.0 Å². The number of furan rings is 1. The Hall–Kier alpha value is -2.80. The van der Waals surface area contributed by atoms with Gasteiger partial charge in [-0.05, 0) is 38.4 Å². The average molecular weight is 343 g/mol. The molecular formula is C18H21N3O4. The van der Waals surface area contributed by atoms with Crippen molar-refractivity contribution in [2.45, 2.75) is 13.1 Å². The Labute approximate surface area is 145 Å². The lowest BCUT2D eigenvalue weighted by atomic mass is 10.3. The lowest BCUT2D eigenvalue weighted by Crippen LogP contribution is -2.39. The first-order chi connectivity index (χ1) is 12.0. The van der Waals surface area contributed by atoms with Crippen molar-refractivity contribution in [1.29, 1.82) is 0 Å². The quantitative estimate of drug-likeness (QED) is 0.654. The zero-order valence-electron chi connectivity index (χ0n) is 14.3. The molecule has 2 aromatic heterocycles. The fourth-order valence-corrected chi connectivity index (χ4v) is 2.60. The minimum atomic E-state index is -0.528. The summed E-state index contributed by atoms with van der Waals surface area (Å²) < 4.78 is 11.9. The van der Waals surface area contributed by atoms with Gasteiger partial charge in [0, 0.05) is 13.1 Å². The summed E-state index contributed by atoms with van der Waals surface area (Å²) in [6.45, 7) is 1.55. The smallest absolute Gasteiger partial charge is 0.420 e. The van der Waals surface area contributed by atoms with Gasteiger partial charge in [-0.25, -0.2) is 4.79 Å². The van der Waals surface area contributed by atoms with Gasteiger partial charge in [0.1, 0.15) is 12.3 Å². The first kappa shape index (κ1) is 17.0. The van der Waals surface area contributed by atoms with E-state index in [1.54, 1.807) is 35.4 Å². The van der Waals surface area contributed by atoms with E-state index in [-0.39, 0.29) is 12.5 Å². The summed E-state index contributed by atoms with van der Waals surface area (Å²) in [5.41, 5.74) is 1.09. The van der Waals surface area contributed by atoms with E-state index in [0.29, 0.717) is 36.5 Å². The van der Waals surface area contributed by atoms with E-state index in [4.69, 9.17) is 8.83 Å². The van der Waals surface area contributed by atoms with E-state index >= 15 is 0 Å². The third-order valence-electron chi connectivity index (χ3n) is 3.96. The highest BCUT2D eigenvalue weighted by atomic mass is 16.4. The van der Waals surface area contributed by atoms with Crippen molar-refractivity contribution in [2.75, 3.05) is 27.2 Å². The molecule has 0 radical (unpaired) electrons. The van der Waals surface area contributed by atoms with Crippen molar-refractivity contribution < 1.29 is 13.6 Å². The maximum atomic E-state index is 12.8. The second kappa shape index (κ2) is 7.40. The van der Waals surface area contributed by atoms with Crippen molar-refractivity contribution >= 4 is 17.0 Å². The molecule has 3 rings (SSSR count). The monoisotopic (exact) mass is 343 g/mol. The number of benzene rings is 1. The van der Waals surface area contributed by atoms with Crippen LogP contribution in [-0.2, 0) is 17.9 Å². The molecular weight excluding hydrogens is 322 g/mol. The van der Waals surface area contributed by atoms with Gasteiger partial charge >= 0.3 is 5.76 Å². The van der Waals surface area contributed by atoms with Gasteiger partial charge in [-0.1, -0.05) is 12.1 Å². The van der Waals surface area contributed by atoms with Gasteiger partial charge in [0.15, 0.2) is 5.58 Å². The van der Waals surface area contributed by atoms with Crippen LogP contribution in [0.1, 0.15) is 5.76 Å². The van der Waals surface area contributed by atoms with E-state index in [0.717, 1.165) is 0 Å². The summed E-state index contributed by atoms with van der Waals surface area (Å²) in [4.78, 5) is 28.6. The highest BCUT2D eigenvalue weighted by Crippen LogP contribution is 2.13. The highest BCUT2D eigenvalue weighted by Gasteiger charge is 2.19. The Morgan fingerprint density at radius 2 is 1.92 bits per heavy atom. The molecule has 1 aromatic carbocycles. The van der Waals surface area contributed by atoms with Gasteiger partial charge in [0.2, 0.25) is 5.91 Å². The molecule has 0 aliphatic heterocycles. The van der Waals surface area contributed by atoms with Crippen LogP contribution in [0.4, 0.5) is 0 Å². The number of carbonyl (C=O) groups excluding carboxylic acids is 1. The van der Waals surface area contributed by atoms with Crippen LogP contribution in [0.3, 0.4) is 0 Å². The summed E-state index contributed by atoms with van der Waals surface area (Å²) >= 11 is 0. The summed E-state index contributed by atoms with van der Waals surface area (Å²) in [7, 11) is 3.90. The van der Waals surface area contributed by atoms with E-state index in [9.17, 15) is 9.59 Å². The van der Waals surface area contributed by atoms with Gasteiger partial charge in [0.25, 0.3) is 0 Å². The predicted octanol–water partition coefficient (Wildman–Crippen LogP) is 1.78. The van der Waals surface area contributed by atoms with Crippen LogP contribution in [0.5, 0.6) is 0 Å². The first-order valence-corrected chi connectivity index (χ1v) is 8.08. The Balaban J connectivity index is 1.81. The molecule has 2 heterocycles. The fraction of sp³-hybridized carbons (Fsp3) is 0.333. The van der Waals surface area contributed by atoms with Crippen LogP contribution in [0.15, 0.2) is 56.3 Å². The molecule has 0 spiro atoms. The van der Waals surface area contributed by atoms with Crippen molar-refractivity contribution in [2.24, 2.45) is 0 Å². The normalized spacial score (nSPS) is 11.3. The van der Waals surface area contributed by atoms with E-state index in [1.165, 1.54) is 4.57 Å². The standard InChI is InChI=1S/C18H21N3O4/c1-19(2)9-10-20(12-14-6-5-11-24-14)17(22)13-21-15-7-3-4-8-16(15)25-18(21)23/h3-8,11H,9-10,12-13H2,1-2H3. The summed E-state index contributed by atoms with van der Waals surface area (Å²) in [6, 6.07) is 10.7. The molecule has 0 saturated heterocycles. The van der Waals surface area contributed by atoms with Crippen LogP contribution in [0, 0.1) is 0 Å². The van der Waals surface area contributed by atoms with Crippen molar-refractivity contribution in [1.82, 2.24) is 14.4 Å². The van der Waals surface area contributed by atoms with Crippen LogP contribution in [0.2, 0.25) is 0 Å². The Kier molecular flexibility index (Phi) is 5.04. The minimum Gasteiger partial charge on any atom is -0.467 e. The Morgan fingerprint density at radius 3 is 2.64 bits per heavy atom. The van der Waals surface area contributed by atoms with Crippen LogP contribution in [0.25, 0.3) is 11.1 Å². The predicted molar refractivity (Wildman–Crippen MR) is 93.2 cm³/mol. The van der Waals surface area contributed by atoms with Gasteiger partial charge in [-0.3, -0.25) is 9.36 Å². The number of nitrogens with zero attached hydrogens (tertiary/aromatic N) is 3. The molecule has 25 heavy (non-hydrogen) atoms. The second-order valence-electron chi connectivity index (χ2n) is 6.12. The van der Waals surface area contributed by atoms with Crippen LogP contribution >= 0.6 is 0 Å². The zero-order chi connectivity index (χ0) is 17.8. The molecule has 0 saturated carbocycles. The Bertz CT molecular complexity index is 893. The molecule has 0 aliphatic carbocycles. The average Bonchev–Trinajstić information content (AvgIpc) is 3.19. The number of likely N-dealkylation sites (N-methyl/N-ethyl adjacent to an activating group) is 1. The topological polar surface area (TPSA) is 71.8 Å². The summed E-state index contributed by atoms with van der Waals surface area (Å²) in [6.07, 6.45) is 1.58. The first-order valence-electron chi connectivity index (χ1n) is 8.08. The molecule has 0 aliphatic rings. The van der Waals surface area contributed by atoms with Gasteiger partial charge in [-0.2, -0.15) is 0 Å². The third kappa shape index (κ3) is 4.00. The number of amides is 1. The van der Waals surface area contributed by atoms with Gasteiger partial charge in [-0.15, -0.1) is 0 Å². The maximum absolute atomic E-state index is 12.8. The maximum Gasteiger partial charge on any atom is 0.420 e. The third-order valence-corrected chi connectivity index (χ3v) is 3.96. The van der Waals surface area contributed by atoms with Crippen molar-refractivity contribution in [3.63, 3.8) is 0 Å². The van der Waals surface area contributed by atoms with Crippen molar-refractivity contribution in [3.8, 4) is 0 Å². The van der Waals surface area contributed by atoms with E-state index < -0.39 is 5.76 Å². The number of hydrogen-bond acceptors (Lipinski definition) is 5. The van der Waals surface area contributed by atoms with Crippen LogP contribution < -0.4 is 5.76 Å². The molecule has 7 heteroatoms. The number of hydrogen-bond donors (Lipinski definition) is 0. The SMILES string of the molecule is CN(C)CCN(Cc1ccco1)C(=O)Cn1c(=O)oc2ccccc21. The Morgan fingerprint density at radius 1 is 1.12 bits per heavy atom. The molecule has 0 atom stereocenters. The number of para-hydroxylation sites is 2. The number of aromatic nitrogens is 1. The molecule has 1 amide bonds. The number of fused-ring (bicyclic) bond motifs is 1. The molecule has 0 fully saturated rings. The molecule has 0 bridgehead atoms. The number of oxazole rings is 1. The van der Waals surface area contributed by atoms with Gasteiger partial charge in [0.05, 0.1) is 18.3 Å². The molecule has 132 valence electrons. The highest BCUT2D eigenvalue weighted by molar-refractivity contribution is 5.79. The fourth-order valence-electron chi connectivity index (χ4n) is 2.60. The largest absolute Gasteiger partial charge is 0.467 e. The van der Waals surface area contributed by atoms with Gasteiger partial charge < -0.3 is 18.6 Å². The van der Waals surface area contributed by atoms with Crippen LogP contribution in [-0.4, -0.2) is 47.5 Å². The zero-order valence-corrected chi connectivity index (χ0v) is 14.3. The number of rotatable bonds is 7. The number of carbonyl (C=O) groups is 1. The minimum absolute atomic E-state index is 0.0655. The molecule has 7 nitrogen and oxygen atoms in total. The summed E-state index contributed by atoms with van der Waals surface area (Å²) in [5.74, 6) is 0.0171. The van der Waals surface area contributed by atoms with E-state index in [1.807, 2.05) is 31.1 Å². The summed E-state index contributed by atoms with van der Waals surface area (Å²) in [5, 5.41) is 0. The molecule has 3 aromatic rings. The molecule has 0 N–H and O–H groups in total. The van der Waals surface area contributed by atoms with E-state index in [2.05, 4.69) is 0 Å². The lowest BCUT2D eigenvalue weighted by Gasteiger charge is -2.23.